The highest BCUT2D eigenvalue weighted by Gasteiger charge is 2.46. The van der Waals surface area contributed by atoms with Crippen LogP contribution < -0.4 is 0 Å². The Balaban J connectivity index is 5.00. The molecule has 3 nitrogen and oxygen atoms in total. The van der Waals surface area contributed by atoms with Crippen molar-refractivity contribution in [1.82, 2.24) is 0 Å². The van der Waals surface area contributed by atoms with E-state index in [0.717, 1.165) is 6.04 Å². The van der Waals surface area contributed by atoms with Crippen LogP contribution in [0.25, 0.3) is 0 Å². The van der Waals surface area contributed by atoms with Gasteiger partial charge in [-0.15, -0.1) is 0 Å². The zero-order valence-electron chi connectivity index (χ0n) is 16.8. The molecule has 23 heavy (non-hydrogen) atoms. The Morgan fingerprint density at radius 3 is 1.43 bits per heavy atom. The average Bonchev–Trinajstić information content (AvgIpc) is 2.49. The van der Waals surface area contributed by atoms with Gasteiger partial charge in [0.1, 0.15) is 7.22 Å². The molecule has 0 bridgehead atoms. The molecule has 0 atom stereocenters. The van der Waals surface area contributed by atoms with Gasteiger partial charge in [-0.25, -0.2) is 0 Å². The van der Waals surface area contributed by atoms with Crippen molar-refractivity contribution in [2.75, 3.05) is 25.6 Å². The molecule has 0 aromatic carbocycles. The van der Waals surface area contributed by atoms with E-state index in [1.807, 2.05) is 20.8 Å². The Labute approximate surface area is 151 Å². The smallest absolute Gasteiger partial charge is 0.374 e. The summed E-state index contributed by atoms with van der Waals surface area (Å²) in [4.78, 5) is 0. The van der Waals surface area contributed by atoms with Crippen LogP contribution in [0, 0.1) is 5.41 Å². The summed E-state index contributed by atoms with van der Waals surface area (Å²) >= 11 is 2.27. The predicted molar refractivity (Wildman–Crippen MR) is 109 cm³/mol. The van der Waals surface area contributed by atoms with Crippen molar-refractivity contribution < 1.29 is 13.3 Å². The maximum atomic E-state index is 6.05. The van der Waals surface area contributed by atoms with Gasteiger partial charge < -0.3 is 13.3 Å². The summed E-state index contributed by atoms with van der Waals surface area (Å²) in [5.41, 5.74) is 0.175. The topological polar surface area (TPSA) is 27.7 Å². The third-order valence-corrected chi connectivity index (χ3v) is 18.3. The Bertz CT molecular complexity index is 285. The average molecular weight is 381 g/mol. The molecule has 0 radical (unpaired) electrons. The van der Waals surface area contributed by atoms with E-state index in [2.05, 4.69) is 45.8 Å². The van der Waals surface area contributed by atoms with Crippen LogP contribution in [0.4, 0.5) is 0 Å². The van der Waals surface area contributed by atoms with Gasteiger partial charge in [-0.2, -0.15) is 11.2 Å². The van der Waals surface area contributed by atoms with Gasteiger partial charge in [0, 0.05) is 25.9 Å². The lowest BCUT2D eigenvalue weighted by atomic mass is 10.00. The third kappa shape index (κ3) is 8.05. The minimum absolute atomic E-state index is 0.175. The van der Waals surface area contributed by atoms with Crippen molar-refractivity contribution in [2.24, 2.45) is 5.41 Å². The van der Waals surface area contributed by atoms with Crippen molar-refractivity contribution in [1.29, 1.82) is 0 Å². The van der Waals surface area contributed by atoms with Crippen LogP contribution in [0.5, 0.6) is 0 Å². The number of hydrogen-bond donors (Lipinski definition) is 0. The van der Waals surface area contributed by atoms with Gasteiger partial charge in [-0.3, -0.25) is 0 Å². The fourth-order valence-electron chi connectivity index (χ4n) is 2.98. The van der Waals surface area contributed by atoms with Crippen molar-refractivity contribution in [3.05, 3.63) is 0 Å². The zero-order chi connectivity index (χ0) is 18.0. The van der Waals surface area contributed by atoms with Crippen LogP contribution in [-0.2, 0) is 13.3 Å². The molecule has 0 fully saturated rings. The van der Waals surface area contributed by atoms with Crippen LogP contribution in [0.15, 0.2) is 0 Å². The van der Waals surface area contributed by atoms with Crippen molar-refractivity contribution in [3.63, 3.8) is 0 Å². The molecular formula is C17H40O3SSi2. The molecule has 0 saturated heterocycles. The van der Waals surface area contributed by atoms with Gasteiger partial charge in [-0.1, -0.05) is 52.8 Å². The molecule has 0 spiro atoms. The molecule has 0 N–H and O–H groups in total. The normalized spacial score (nSPS) is 13.6. The van der Waals surface area contributed by atoms with E-state index < -0.39 is 16.0 Å². The van der Waals surface area contributed by atoms with E-state index in [0.29, 0.717) is 19.8 Å². The quantitative estimate of drug-likeness (QED) is 0.356. The standard InChI is InChI=1S/C17H40O3SSi2/c1-9-18-23(19-10-2,20-11-3)16-17(7,8)15-21-22(12-4,13-5)14-6/h9-16H2,1-8H3. The Morgan fingerprint density at radius 2 is 1.13 bits per heavy atom. The van der Waals surface area contributed by atoms with Crippen molar-refractivity contribution in [2.45, 2.75) is 79.6 Å². The van der Waals surface area contributed by atoms with Crippen molar-refractivity contribution in [3.8, 4) is 0 Å². The van der Waals surface area contributed by atoms with E-state index in [4.69, 9.17) is 13.3 Å². The first-order valence-electron chi connectivity index (χ1n) is 9.34. The molecule has 0 saturated carbocycles. The van der Waals surface area contributed by atoms with Crippen LogP contribution in [0.3, 0.4) is 0 Å². The molecule has 0 aliphatic heterocycles. The third-order valence-electron chi connectivity index (χ3n) is 4.49. The van der Waals surface area contributed by atoms with Gasteiger partial charge in [0.25, 0.3) is 0 Å². The fourth-order valence-corrected chi connectivity index (χ4v) is 13.2. The largest absolute Gasteiger partial charge is 0.501 e. The zero-order valence-corrected chi connectivity index (χ0v) is 19.6. The molecule has 0 aromatic rings. The molecule has 0 amide bonds. The van der Waals surface area contributed by atoms with E-state index >= 15 is 0 Å². The van der Waals surface area contributed by atoms with E-state index in [1.165, 1.54) is 23.9 Å². The maximum absolute atomic E-state index is 6.05. The Morgan fingerprint density at radius 1 is 0.739 bits per heavy atom. The van der Waals surface area contributed by atoms with Gasteiger partial charge >= 0.3 is 8.80 Å². The predicted octanol–water partition coefficient (Wildman–Crippen LogP) is 5.80. The van der Waals surface area contributed by atoms with Crippen LogP contribution in [0.2, 0.25) is 24.2 Å². The first-order chi connectivity index (χ1) is 10.8. The molecule has 0 aromatic heterocycles. The molecule has 0 aliphatic carbocycles. The van der Waals surface area contributed by atoms with E-state index in [-0.39, 0.29) is 5.41 Å². The Kier molecular flexibility index (Phi) is 11.6. The minimum atomic E-state index is -2.56. The van der Waals surface area contributed by atoms with E-state index in [1.54, 1.807) is 0 Å². The summed E-state index contributed by atoms with van der Waals surface area (Å²) in [5.74, 6) is 1.18. The lowest BCUT2D eigenvalue weighted by molar-refractivity contribution is 0.0633. The lowest BCUT2D eigenvalue weighted by Gasteiger charge is -2.37. The lowest BCUT2D eigenvalue weighted by Crippen LogP contribution is -2.49. The van der Waals surface area contributed by atoms with Crippen LogP contribution in [0.1, 0.15) is 55.4 Å². The SMILES string of the molecule is CCO[Si](CC(C)(C)CS[Si](CC)(CC)CC)(OCC)OCC. The maximum Gasteiger partial charge on any atom is 0.501 e. The Hall–Kier alpha value is 0.664. The second kappa shape index (κ2) is 11.3. The highest BCUT2D eigenvalue weighted by molar-refractivity contribution is 8.29. The van der Waals surface area contributed by atoms with Gasteiger partial charge in [0.15, 0.2) is 0 Å². The van der Waals surface area contributed by atoms with E-state index in [9.17, 15) is 0 Å². The van der Waals surface area contributed by atoms with Gasteiger partial charge in [0.05, 0.1) is 0 Å². The summed E-state index contributed by atoms with van der Waals surface area (Å²) < 4.78 is 18.2. The highest BCUT2D eigenvalue weighted by atomic mass is 32.4. The molecular weight excluding hydrogens is 340 g/mol. The first-order valence-corrected chi connectivity index (χ1v) is 15.6. The van der Waals surface area contributed by atoms with Crippen LogP contribution >= 0.6 is 11.2 Å². The van der Waals surface area contributed by atoms with Gasteiger partial charge in [-0.05, 0) is 31.9 Å². The fraction of sp³-hybridized carbons (Fsp3) is 1.00. The second-order valence-corrected chi connectivity index (χ2v) is 18.0. The molecule has 0 aliphatic rings. The first kappa shape index (κ1) is 23.7. The highest BCUT2D eigenvalue weighted by Crippen LogP contribution is 2.40. The second-order valence-electron chi connectivity index (χ2n) is 6.86. The summed E-state index contributed by atoms with van der Waals surface area (Å²) in [5, 5.41) is 0. The van der Waals surface area contributed by atoms with Crippen LogP contribution in [-0.4, -0.2) is 41.6 Å². The molecule has 0 heterocycles. The minimum Gasteiger partial charge on any atom is -0.374 e. The number of hydrogen-bond acceptors (Lipinski definition) is 4. The van der Waals surface area contributed by atoms with Gasteiger partial charge in [0.2, 0.25) is 0 Å². The summed E-state index contributed by atoms with van der Waals surface area (Å²) in [6.07, 6.45) is 0. The number of rotatable bonds is 14. The molecule has 0 rings (SSSR count). The molecule has 6 heteroatoms. The summed E-state index contributed by atoms with van der Waals surface area (Å²) in [6.45, 7) is 19.9. The molecule has 0 unspecified atom stereocenters. The summed E-state index contributed by atoms with van der Waals surface area (Å²) in [7, 11) is -3.70. The van der Waals surface area contributed by atoms with Crippen molar-refractivity contribution >= 4 is 27.2 Å². The molecule has 140 valence electrons. The summed E-state index contributed by atoms with van der Waals surface area (Å²) in [6, 6.07) is 5.01. The monoisotopic (exact) mass is 380 g/mol.